The van der Waals surface area contributed by atoms with Gasteiger partial charge >= 0.3 is 0 Å². The quantitative estimate of drug-likeness (QED) is 0.348. The normalized spacial score (nSPS) is 14.6. The summed E-state index contributed by atoms with van der Waals surface area (Å²) in [6, 6.07) is 15.4. The Labute approximate surface area is 215 Å². The summed E-state index contributed by atoms with van der Waals surface area (Å²) in [5, 5.41) is 6.74. The number of rotatable bonds is 5. The number of aromatic nitrogens is 3. The first-order valence-corrected chi connectivity index (χ1v) is 12.6. The van der Waals surface area contributed by atoms with Crippen molar-refractivity contribution in [3.8, 4) is 11.3 Å². The molecule has 2 aromatic heterocycles. The van der Waals surface area contributed by atoms with Gasteiger partial charge < -0.3 is 4.90 Å². The molecule has 2 aromatic carbocycles. The first-order chi connectivity index (χ1) is 16.9. The predicted octanol–water partition coefficient (Wildman–Crippen LogP) is 5.69. The van der Waals surface area contributed by atoms with Crippen molar-refractivity contribution in [1.82, 2.24) is 24.6 Å². The van der Waals surface area contributed by atoms with Crippen molar-refractivity contribution in [2.75, 3.05) is 26.2 Å². The highest BCUT2D eigenvalue weighted by Crippen LogP contribution is 2.28. The van der Waals surface area contributed by atoms with Crippen LogP contribution >= 0.6 is 23.2 Å². The lowest BCUT2D eigenvalue weighted by molar-refractivity contribution is 0.0630. The van der Waals surface area contributed by atoms with Gasteiger partial charge in [-0.2, -0.15) is 5.10 Å². The second-order valence-corrected chi connectivity index (χ2v) is 9.70. The van der Waals surface area contributed by atoms with Crippen LogP contribution in [0.5, 0.6) is 0 Å². The molecule has 1 fully saturated rings. The van der Waals surface area contributed by atoms with Gasteiger partial charge in [0.2, 0.25) is 0 Å². The number of carbonyl (C=O) groups excluding carboxylic acids is 1. The zero-order valence-corrected chi connectivity index (χ0v) is 21.4. The number of hydrogen-bond acceptors (Lipinski definition) is 4. The van der Waals surface area contributed by atoms with E-state index in [1.54, 1.807) is 6.07 Å². The van der Waals surface area contributed by atoms with Crippen LogP contribution in [-0.2, 0) is 13.1 Å². The molecule has 1 aliphatic rings. The maximum atomic E-state index is 13.7. The molecule has 0 aliphatic carbocycles. The molecule has 35 heavy (non-hydrogen) atoms. The Morgan fingerprint density at radius 1 is 1.03 bits per heavy atom. The minimum absolute atomic E-state index is 0.0366. The number of halogens is 2. The van der Waals surface area contributed by atoms with Crippen LogP contribution in [-0.4, -0.2) is 56.7 Å². The predicted molar refractivity (Wildman–Crippen MR) is 141 cm³/mol. The molecule has 0 N–H and O–H groups in total. The van der Waals surface area contributed by atoms with Crippen molar-refractivity contribution >= 4 is 40.0 Å². The van der Waals surface area contributed by atoms with Crippen molar-refractivity contribution in [2.24, 2.45) is 0 Å². The zero-order chi connectivity index (χ0) is 24.5. The summed E-state index contributed by atoms with van der Waals surface area (Å²) in [6.45, 7) is 8.43. The number of piperazine rings is 1. The lowest BCUT2D eigenvalue weighted by Crippen LogP contribution is -2.48. The van der Waals surface area contributed by atoms with E-state index >= 15 is 0 Å². The van der Waals surface area contributed by atoms with Crippen LogP contribution in [0.15, 0.2) is 54.7 Å². The largest absolute Gasteiger partial charge is 0.336 e. The van der Waals surface area contributed by atoms with Crippen molar-refractivity contribution in [2.45, 2.75) is 26.9 Å². The lowest BCUT2D eigenvalue weighted by Gasteiger charge is -2.35. The summed E-state index contributed by atoms with van der Waals surface area (Å²) in [5.74, 6) is 0.0366. The van der Waals surface area contributed by atoms with Gasteiger partial charge in [-0.3, -0.25) is 14.4 Å². The third kappa shape index (κ3) is 4.92. The van der Waals surface area contributed by atoms with Gasteiger partial charge in [0, 0.05) is 66.5 Å². The molecule has 1 amide bonds. The molecule has 1 saturated heterocycles. The van der Waals surface area contributed by atoms with Crippen molar-refractivity contribution in [3.63, 3.8) is 0 Å². The number of hydrogen-bond donors (Lipinski definition) is 0. The molecule has 3 heterocycles. The van der Waals surface area contributed by atoms with Crippen LogP contribution in [0.2, 0.25) is 10.0 Å². The molecular weight excluding hydrogens is 481 g/mol. The summed E-state index contributed by atoms with van der Waals surface area (Å²) >= 11 is 12.4. The van der Waals surface area contributed by atoms with E-state index in [2.05, 4.69) is 16.9 Å². The summed E-state index contributed by atoms with van der Waals surface area (Å²) in [6.07, 6.45) is 2.00. The summed E-state index contributed by atoms with van der Waals surface area (Å²) in [5.41, 5.74) is 5.18. The Balaban J connectivity index is 1.38. The number of amides is 1. The molecule has 0 saturated carbocycles. The third-order valence-electron chi connectivity index (χ3n) is 6.56. The van der Waals surface area contributed by atoms with Crippen LogP contribution < -0.4 is 0 Å². The molecule has 0 radical (unpaired) electrons. The second kappa shape index (κ2) is 9.97. The number of nitrogens with zero attached hydrogens (tertiary/aromatic N) is 5. The van der Waals surface area contributed by atoms with E-state index in [9.17, 15) is 4.79 Å². The van der Waals surface area contributed by atoms with Crippen LogP contribution in [0.3, 0.4) is 0 Å². The van der Waals surface area contributed by atoms with E-state index in [4.69, 9.17) is 28.2 Å². The number of benzene rings is 2. The van der Waals surface area contributed by atoms with Gasteiger partial charge in [-0.25, -0.2) is 4.98 Å². The highest BCUT2D eigenvalue weighted by atomic mass is 35.5. The van der Waals surface area contributed by atoms with Crippen molar-refractivity contribution in [1.29, 1.82) is 0 Å². The number of carbonyl (C=O) groups is 1. The molecule has 1 aliphatic heterocycles. The number of para-hydroxylation sites is 1. The fourth-order valence-electron chi connectivity index (χ4n) is 4.59. The van der Waals surface area contributed by atoms with Crippen LogP contribution in [0.25, 0.3) is 22.2 Å². The number of pyridine rings is 1. The van der Waals surface area contributed by atoms with E-state index in [1.807, 2.05) is 65.2 Å². The molecule has 5 rings (SSSR count). The minimum Gasteiger partial charge on any atom is -0.336 e. The molecular formula is C27H27Cl2N5O. The standard InChI is InChI=1S/C27H27Cl2N5O/c1-3-34-17-23(18(2)31-34)26-15-22(21-6-4-5-7-25(21)30-26)27(35)33-12-10-32(11-13-33)16-19-8-9-20(28)14-24(19)29/h4-9,14-15,17H,3,10-13,16H2,1-2H3. The Morgan fingerprint density at radius 3 is 2.51 bits per heavy atom. The Bertz CT molecular complexity index is 1390. The molecule has 180 valence electrons. The molecule has 8 heteroatoms. The second-order valence-electron chi connectivity index (χ2n) is 8.86. The monoisotopic (exact) mass is 507 g/mol. The van der Waals surface area contributed by atoms with Crippen LogP contribution in [0.4, 0.5) is 0 Å². The van der Waals surface area contributed by atoms with E-state index in [1.165, 1.54) is 0 Å². The fourth-order valence-corrected chi connectivity index (χ4v) is 5.06. The van der Waals surface area contributed by atoms with E-state index in [0.29, 0.717) is 28.7 Å². The molecule has 0 atom stereocenters. The first kappa shape index (κ1) is 23.8. The SMILES string of the molecule is CCn1cc(-c2cc(C(=O)N3CCN(Cc4ccc(Cl)cc4Cl)CC3)c3ccccc3n2)c(C)n1. The first-order valence-electron chi connectivity index (χ1n) is 11.8. The molecule has 0 spiro atoms. The molecule has 4 aromatic rings. The Morgan fingerprint density at radius 2 is 1.80 bits per heavy atom. The van der Waals surface area contributed by atoms with Gasteiger partial charge in [-0.05, 0) is 43.7 Å². The molecule has 0 bridgehead atoms. The zero-order valence-electron chi connectivity index (χ0n) is 19.8. The summed E-state index contributed by atoms with van der Waals surface area (Å²) < 4.78 is 1.90. The minimum atomic E-state index is 0.0366. The van der Waals surface area contributed by atoms with E-state index in [-0.39, 0.29) is 5.91 Å². The van der Waals surface area contributed by atoms with Gasteiger partial charge in [0.05, 0.1) is 22.5 Å². The van der Waals surface area contributed by atoms with Crippen LogP contribution in [0.1, 0.15) is 28.5 Å². The molecule has 0 unspecified atom stereocenters. The van der Waals surface area contributed by atoms with E-state index in [0.717, 1.165) is 59.6 Å². The fraction of sp³-hybridized carbons (Fsp3) is 0.296. The number of aryl methyl sites for hydroxylation is 2. The summed E-state index contributed by atoms with van der Waals surface area (Å²) in [7, 11) is 0. The van der Waals surface area contributed by atoms with Gasteiger partial charge in [0.1, 0.15) is 0 Å². The van der Waals surface area contributed by atoms with Crippen LogP contribution in [0, 0.1) is 6.92 Å². The topological polar surface area (TPSA) is 54.3 Å². The summed E-state index contributed by atoms with van der Waals surface area (Å²) in [4.78, 5) is 22.8. The highest BCUT2D eigenvalue weighted by molar-refractivity contribution is 6.35. The van der Waals surface area contributed by atoms with Gasteiger partial charge in [-0.1, -0.05) is 47.5 Å². The van der Waals surface area contributed by atoms with E-state index < -0.39 is 0 Å². The van der Waals surface area contributed by atoms with Gasteiger partial charge in [-0.15, -0.1) is 0 Å². The van der Waals surface area contributed by atoms with Gasteiger partial charge in [0.15, 0.2) is 0 Å². The average molecular weight is 508 g/mol. The number of fused-ring (bicyclic) bond motifs is 1. The third-order valence-corrected chi connectivity index (χ3v) is 7.15. The Hall–Kier alpha value is -2.93. The van der Waals surface area contributed by atoms with Crippen molar-refractivity contribution in [3.05, 3.63) is 81.6 Å². The van der Waals surface area contributed by atoms with Gasteiger partial charge in [0.25, 0.3) is 5.91 Å². The lowest BCUT2D eigenvalue weighted by atomic mass is 10.0. The maximum Gasteiger partial charge on any atom is 0.254 e. The average Bonchev–Trinajstić information content (AvgIpc) is 3.26. The smallest absolute Gasteiger partial charge is 0.254 e. The Kier molecular flexibility index (Phi) is 6.78. The highest BCUT2D eigenvalue weighted by Gasteiger charge is 2.25. The molecule has 6 nitrogen and oxygen atoms in total. The maximum absolute atomic E-state index is 13.7. The van der Waals surface area contributed by atoms with Crippen molar-refractivity contribution < 1.29 is 4.79 Å².